The summed E-state index contributed by atoms with van der Waals surface area (Å²) in [5, 5.41) is 0. The van der Waals surface area contributed by atoms with Crippen molar-refractivity contribution in [2.24, 2.45) is 0 Å². The van der Waals surface area contributed by atoms with Gasteiger partial charge in [-0.25, -0.2) is 0 Å². The Labute approximate surface area is 123 Å². The largest absolute Gasteiger partial charge is 0.346 e. The summed E-state index contributed by atoms with van der Waals surface area (Å²) in [4.78, 5) is 15.6. The van der Waals surface area contributed by atoms with Crippen LogP contribution in [-0.2, 0) is 9.47 Å². The number of carbonyl (C=O) groups is 1. The van der Waals surface area contributed by atoms with Gasteiger partial charge in [0, 0.05) is 23.4 Å². The third-order valence-electron chi connectivity index (χ3n) is 3.86. The van der Waals surface area contributed by atoms with Crippen molar-refractivity contribution in [1.29, 1.82) is 0 Å². The molecule has 2 aliphatic heterocycles. The zero-order valence-electron chi connectivity index (χ0n) is 11.6. The standard InChI is InChI=1S/C15H19NO3S/c1-20-13-5-3-12(4-6-13)14(17)16-8-2-7-15(11-16)18-9-10-19-15/h3-6H,2,7-11H2,1H3. The van der Waals surface area contributed by atoms with E-state index >= 15 is 0 Å². The molecule has 3 rings (SSSR count). The Bertz CT molecular complexity index is 482. The summed E-state index contributed by atoms with van der Waals surface area (Å²) in [6, 6.07) is 7.76. The number of nitrogens with zero attached hydrogens (tertiary/aromatic N) is 1. The van der Waals surface area contributed by atoms with E-state index in [0.717, 1.165) is 24.9 Å². The lowest BCUT2D eigenvalue weighted by molar-refractivity contribution is -0.183. The number of piperidine rings is 1. The second-order valence-electron chi connectivity index (χ2n) is 5.17. The number of carbonyl (C=O) groups excluding carboxylic acids is 1. The molecule has 108 valence electrons. The summed E-state index contributed by atoms with van der Waals surface area (Å²) in [6.45, 7) is 2.57. The molecule has 4 nitrogen and oxygen atoms in total. The molecular formula is C15H19NO3S. The zero-order valence-corrected chi connectivity index (χ0v) is 12.4. The van der Waals surface area contributed by atoms with Gasteiger partial charge < -0.3 is 14.4 Å². The highest BCUT2D eigenvalue weighted by molar-refractivity contribution is 7.98. The molecule has 2 aliphatic rings. The van der Waals surface area contributed by atoms with Gasteiger partial charge in [-0.1, -0.05) is 0 Å². The van der Waals surface area contributed by atoms with Crippen molar-refractivity contribution in [1.82, 2.24) is 4.90 Å². The van der Waals surface area contributed by atoms with E-state index in [1.165, 1.54) is 4.90 Å². The molecule has 2 heterocycles. The minimum absolute atomic E-state index is 0.0656. The molecule has 0 unspecified atom stereocenters. The lowest BCUT2D eigenvalue weighted by Gasteiger charge is -2.38. The second-order valence-corrected chi connectivity index (χ2v) is 6.05. The molecule has 0 saturated carbocycles. The maximum Gasteiger partial charge on any atom is 0.254 e. The Morgan fingerprint density at radius 2 is 1.95 bits per heavy atom. The monoisotopic (exact) mass is 293 g/mol. The van der Waals surface area contributed by atoms with Crippen LogP contribution in [0.15, 0.2) is 29.2 Å². The molecular weight excluding hydrogens is 274 g/mol. The first kappa shape index (κ1) is 13.9. The SMILES string of the molecule is CSc1ccc(C(=O)N2CCCC3(C2)OCCO3)cc1. The molecule has 1 amide bonds. The topological polar surface area (TPSA) is 38.8 Å². The molecule has 2 saturated heterocycles. The van der Waals surface area contributed by atoms with Gasteiger partial charge in [0.15, 0.2) is 5.79 Å². The molecule has 0 atom stereocenters. The number of amides is 1. The second kappa shape index (κ2) is 5.76. The molecule has 1 aromatic rings. The average molecular weight is 293 g/mol. The molecule has 0 bridgehead atoms. The maximum atomic E-state index is 12.5. The third kappa shape index (κ3) is 2.71. The molecule has 0 aromatic heterocycles. The van der Waals surface area contributed by atoms with Crippen molar-refractivity contribution in [2.75, 3.05) is 32.6 Å². The summed E-state index contributed by atoms with van der Waals surface area (Å²) >= 11 is 1.68. The Morgan fingerprint density at radius 1 is 1.25 bits per heavy atom. The van der Waals surface area contributed by atoms with Crippen LogP contribution in [0.1, 0.15) is 23.2 Å². The zero-order chi connectivity index (χ0) is 14.0. The smallest absolute Gasteiger partial charge is 0.254 e. The Morgan fingerprint density at radius 3 is 2.60 bits per heavy atom. The van der Waals surface area contributed by atoms with Gasteiger partial charge in [0.2, 0.25) is 0 Å². The fraction of sp³-hybridized carbons (Fsp3) is 0.533. The molecule has 20 heavy (non-hydrogen) atoms. The highest BCUT2D eigenvalue weighted by atomic mass is 32.2. The van der Waals surface area contributed by atoms with Gasteiger partial charge in [0.1, 0.15) is 0 Å². The first-order valence-electron chi connectivity index (χ1n) is 6.94. The van der Waals surface area contributed by atoms with Crippen molar-refractivity contribution in [3.63, 3.8) is 0 Å². The van der Waals surface area contributed by atoms with Gasteiger partial charge in [-0.15, -0.1) is 11.8 Å². The predicted octanol–water partition coefficient (Wildman–Crippen LogP) is 2.39. The van der Waals surface area contributed by atoms with E-state index in [1.807, 2.05) is 35.4 Å². The Kier molecular flexibility index (Phi) is 4.01. The molecule has 0 N–H and O–H groups in total. The van der Waals surface area contributed by atoms with Gasteiger partial charge >= 0.3 is 0 Å². The van der Waals surface area contributed by atoms with Crippen molar-refractivity contribution < 1.29 is 14.3 Å². The number of benzene rings is 1. The van der Waals surface area contributed by atoms with Crippen LogP contribution in [0, 0.1) is 0 Å². The van der Waals surface area contributed by atoms with E-state index in [0.29, 0.717) is 19.8 Å². The minimum atomic E-state index is -0.548. The molecule has 1 spiro atoms. The van der Waals surface area contributed by atoms with Crippen LogP contribution >= 0.6 is 11.8 Å². The first-order chi connectivity index (χ1) is 9.72. The first-order valence-corrected chi connectivity index (χ1v) is 8.16. The Balaban J connectivity index is 1.72. The van der Waals surface area contributed by atoms with Crippen molar-refractivity contribution in [2.45, 2.75) is 23.5 Å². The van der Waals surface area contributed by atoms with Gasteiger partial charge in [-0.05, 0) is 36.9 Å². The maximum absolute atomic E-state index is 12.5. The summed E-state index contributed by atoms with van der Waals surface area (Å²) in [5.41, 5.74) is 0.734. The van der Waals surface area contributed by atoms with E-state index in [9.17, 15) is 4.79 Å². The summed E-state index contributed by atoms with van der Waals surface area (Å²) in [7, 11) is 0. The fourth-order valence-electron chi connectivity index (χ4n) is 2.81. The number of thioether (sulfide) groups is 1. The minimum Gasteiger partial charge on any atom is -0.346 e. The molecule has 0 aliphatic carbocycles. The van der Waals surface area contributed by atoms with Gasteiger partial charge in [0.05, 0.1) is 19.8 Å². The average Bonchev–Trinajstić information content (AvgIpc) is 2.94. The number of hydrogen-bond donors (Lipinski definition) is 0. The van der Waals surface area contributed by atoms with E-state index in [4.69, 9.17) is 9.47 Å². The fourth-order valence-corrected chi connectivity index (χ4v) is 3.22. The number of ether oxygens (including phenoxy) is 2. The lowest BCUT2D eigenvalue weighted by atomic mass is 10.0. The van der Waals surface area contributed by atoms with Crippen LogP contribution in [0.25, 0.3) is 0 Å². The van der Waals surface area contributed by atoms with E-state index in [1.54, 1.807) is 11.8 Å². The lowest BCUT2D eigenvalue weighted by Crippen LogP contribution is -2.51. The summed E-state index contributed by atoms with van der Waals surface area (Å²) in [6.07, 6.45) is 3.83. The van der Waals surface area contributed by atoms with Crippen LogP contribution in [0.5, 0.6) is 0 Å². The van der Waals surface area contributed by atoms with Crippen molar-refractivity contribution in [3.8, 4) is 0 Å². The normalized spacial score (nSPS) is 21.4. The number of likely N-dealkylation sites (tertiary alicyclic amines) is 1. The van der Waals surface area contributed by atoms with E-state index in [2.05, 4.69) is 0 Å². The molecule has 1 aromatic carbocycles. The van der Waals surface area contributed by atoms with Gasteiger partial charge in [-0.2, -0.15) is 0 Å². The molecule has 0 radical (unpaired) electrons. The Hall–Kier alpha value is -1.04. The van der Waals surface area contributed by atoms with Crippen molar-refractivity contribution >= 4 is 17.7 Å². The highest BCUT2D eigenvalue weighted by Gasteiger charge is 2.42. The molecule has 5 heteroatoms. The van der Waals surface area contributed by atoms with Crippen LogP contribution < -0.4 is 0 Å². The predicted molar refractivity (Wildman–Crippen MR) is 78.0 cm³/mol. The number of hydrogen-bond acceptors (Lipinski definition) is 4. The van der Waals surface area contributed by atoms with Crippen LogP contribution in [0.2, 0.25) is 0 Å². The quantitative estimate of drug-likeness (QED) is 0.785. The third-order valence-corrected chi connectivity index (χ3v) is 4.60. The van der Waals surface area contributed by atoms with E-state index in [-0.39, 0.29) is 5.91 Å². The van der Waals surface area contributed by atoms with Crippen LogP contribution in [0.4, 0.5) is 0 Å². The summed E-state index contributed by atoms with van der Waals surface area (Å²) in [5.74, 6) is -0.483. The van der Waals surface area contributed by atoms with E-state index < -0.39 is 5.79 Å². The highest BCUT2D eigenvalue weighted by Crippen LogP contribution is 2.30. The summed E-state index contributed by atoms with van der Waals surface area (Å²) < 4.78 is 11.4. The molecule has 2 fully saturated rings. The number of rotatable bonds is 2. The van der Waals surface area contributed by atoms with Crippen LogP contribution in [0.3, 0.4) is 0 Å². The van der Waals surface area contributed by atoms with Gasteiger partial charge in [-0.3, -0.25) is 4.79 Å². The van der Waals surface area contributed by atoms with Crippen molar-refractivity contribution in [3.05, 3.63) is 29.8 Å². The van der Waals surface area contributed by atoms with Gasteiger partial charge in [0.25, 0.3) is 5.91 Å². The van der Waals surface area contributed by atoms with Crippen LogP contribution in [-0.4, -0.2) is 49.2 Å².